The number of ether oxygens (including phenoxy) is 3. The fourth-order valence-corrected chi connectivity index (χ4v) is 4.14. The van der Waals surface area contributed by atoms with Gasteiger partial charge in [0.05, 0.1) is 36.8 Å². The summed E-state index contributed by atoms with van der Waals surface area (Å²) >= 11 is 6.84. The summed E-state index contributed by atoms with van der Waals surface area (Å²) in [5, 5.41) is 2.58. The average Bonchev–Trinajstić information content (AvgIpc) is 3.05. The number of nitrogens with zero attached hydrogens (tertiary/aromatic N) is 1. The van der Waals surface area contributed by atoms with Crippen molar-refractivity contribution < 1.29 is 28.6 Å². The zero-order valence-corrected chi connectivity index (χ0v) is 19.2. The highest BCUT2D eigenvalue weighted by atomic mass is 35.5. The van der Waals surface area contributed by atoms with E-state index in [9.17, 15) is 14.4 Å². The van der Waals surface area contributed by atoms with Crippen molar-refractivity contribution in [2.45, 2.75) is 0 Å². The molecule has 0 aliphatic carbocycles. The smallest absolute Gasteiger partial charge is 0.293 e. The van der Waals surface area contributed by atoms with Crippen molar-refractivity contribution >= 4 is 46.5 Å². The van der Waals surface area contributed by atoms with Crippen molar-refractivity contribution in [3.05, 3.63) is 57.5 Å². The van der Waals surface area contributed by atoms with Gasteiger partial charge in [0, 0.05) is 13.1 Å². The van der Waals surface area contributed by atoms with Crippen LogP contribution in [0.2, 0.25) is 5.02 Å². The first kappa shape index (κ1) is 23.5. The van der Waals surface area contributed by atoms with Gasteiger partial charge in [-0.1, -0.05) is 23.7 Å². The highest BCUT2D eigenvalue weighted by Crippen LogP contribution is 2.40. The summed E-state index contributed by atoms with van der Waals surface area (Å²) in [6, 6.07) is 9.99. The fraction of sp³-hybridized carbons (Fsp3) is 0.227. The highest BCUT2D eigenvalue weighted by molar-refractivity contribution is 8.18. The summed E-state index contributed by atoms with van der Waals surface area (Å²) < 4.78 is 15.9. The van der Waals surface area contributed by atoms with Gasteiger partial charge in [-0.2, -0.15) is 0 Å². The number of halogens is 1. The Bertz CT molecular complexity index is 1060. The molecule has 1 N–H and O–H groups in total. The lowest BCUT2D eigenvalue weighted by Gasteiger charge is -2.14. The molecule has 2 aromatic carbocycles. The Kier molecular flexibility index (Phi) is 7.66. The van der Waals surface area contributed by atoms with E-state index in [0.29, 0.717) is 33.4 Å². The quantitative estimate of drug-likeness (QED) is 0.578. The van der Waals surface area contributed by atoms with Crippen LogP contribution >= 0.6 is 23.4 Å². The van der Waals surface area contributed by atoms with Crippen LogP contribution in [0.15, 0.2) is 41.3 Å². The molecule has 0 aromatic heterocycles. The number of methoxy groups -OCH3 is 3. The molecule has 1 aliphatic rings. The van der Waals surface area contributed by atoms with Gasteiger partial charge in [0.15, 0.2) is 11.5 Å². The van der Waals surface area contributed by atoms with Gasteiger partial charge in [-0.25, -0.2) is 0 Å². The van der Waals surface area contributed by atoms with Gasteiger partial charge >= 0.3 is 0 Å². The minimum atomic E-state index is -0.444. The first-order chi connectivity index (χ1) is 15.4. The van der Waals surface area contributed by atoms with Crippen molar-refractivity contribution in [3.8, 4) is 17.2 Å². The first-order valence-electron chi connectivity index (χ1n) is 9.47. The molecule has 10 heteroatoms. The van der Waals surface area contributed by atoms with Crippen LogP contribution in [0.5, 0.6) is 17.2 Å². The highest BCUT2D eigenvalue weighted by Gasteiger charge is 2.34. The molecule has 1 heterocycles. The van der Waals surface area contributed by atoms with E-state index in [0.717, 1.165) is 16.7 Å². The summed E-state index contributed by atoms with van der Waals surface area (Å²) in [5.74, 6) is 0.463. The zero-order chi connectivity index (χ0) is 23.3. The molecule has 0 bridgehead atoms. The van der Waals surface area contributed by atoms with Crippen LogP contribution in [0.4, 0.5) is 4.79 Å². The molecule has 1 fully saturated rings. The molecule has 0 atom stereocenters. The molecule has 0 spiro atoms. The Balaban J connectivity index is 1.70. The second-order valence-electron chi connectivity index (χ2n) is 6.53. The number of thioether (sulfide) groups is 1. The molecule has 0 radical (unpaired) electrons. The number of carbonyl (C=O) groups is 3. The number of imide groups is 1. The molecular formula is C22H21ClN2O6S. The SMILES string of the molecule is COc1cc(/C=C2\SC(=O)N(CCNC(=O)c3ccccc3Cl)C2=O)cc(OC)c1OC. The Labute approximate surface area is 194 Å². The third kappa shape index (κ3) is 5.00. The number of rotatable bonds is 8. The second-order valence-corrected chi connectivity index (χ2v) is 7.93. The summed E-state index contributed by atoms with van der Waals surface area (Å²) in [6.07, 6.45) is 1.58. The molecule has 1 saturated heterocycles. The third-order valence-corrected chi connectivity index (χ3v) is 5.83. The van der Waals surface area contributed by atoms with Crippen molar-refractivity contribution in [2.75, 3.05) is 34.4 Å². The van der Waals surface area contributed by atoms with E-state index in [2.05, 4.69) is 5.32 Å². The summed E-state index contributed by atoms with van der Waals surface area (Å²) in [5.41, 5.74) is 0.933. The minimum Gasteiger partial charge on any atom is -0.493 e. The topological polar surface area (TPSA) is 94.2 Å². The van der Waals surface area contributed by atoms with Crippen LogP contribution in [-0.4, -0.2) is 56.4 Å². The number of carbonyl (C=O) groups excluding carboxylic acids is 3. The Hall–Kier alpha value is -3.17. The van der Waals surface area contributed by atoms with Crippen LogP contribution in [0.25, 0.3) is 6.08 Å². The largest absolute Gasteiger partial charge is 0.493 e. The van der Waals surface area contributed by atoms with Crippen LogP contribution in [0.1, 0.15) is 15.9 Å². The predicted octanol–water partition coefficient (Wildman–Crippen LogP) is 3.83. The molecular weight excluding hydrogens is 456 g/mol. The second kappa shape index (κ2) is 10.4. The van der Waals surface area contributed by atoms with Gasteiger partial charge < -0.3 is 19.5 Å². The summed E-state index contributed by atoms with van der Waals surface area (Å²) in [4.78, 5) is 38.7. The van der Waals surface area contributed by atoms with Crippen molar-refractivity contribution in [1.29, 1.82) is 0 Å². The van der Waals surface area contributed by atoms with Gasteiger partial charge in [-0.05, 0) is 47.7 Å². The number of hydrogen-bond donors (Lipinski definition) is 1. The minimum absolute atomic E-state index is 0.0352. The molecule has 3 amide bonds. The maximum atomic E-state index is 12.7. The number of amides is 3. The van der Waals surface area contributed by atoms with Crippen molar-refractivity contribution in [2.24, 2.45) is 0 Å². The third-order valence-electron chi connectivity index (χ3n) is 4.60. The van der Waals surface area contributed by atoms with Crippen LogP contribution in [0.3, 0.4) is 0 Å². The van der Waals surface area contributed by atoms with Crippen LogP contribution in [-0.2, 0) is 4.79 Å². The normalized spacial score (nSPS) is 14.6. The van der Waals surface area contributed by atoms with E-state index in [1.54, 1.807) is 42.5 Å². The van der Waals surface area contributed by atoms with E-state index < -0.39 is 11.1 Å². The molecule has 168 valence electrons. The maximum absolute atomic E-state index is 12.7. The Morgan fingerprint density at radius 1 is 1.09 bits per heavy atom. The number of hydrogen-bond acceptors (Lipinski definition) is 7. The molecule has 0 unspecified atom stereocenters. The number of nitrogens with one attached hydrogen (secondary N) is 1. The molecule has 32 heavy (non-hydrogen) atoms. The maximum Gasteiger partial charge on any atom is 0.293 e. The monoisotopic (exact) mass is 476 g/mol. The molecule has 2 aromatic rings. The van der Waals surface area contributed by atoms with E-state index in [1.807, 2.05) is 0 Å². The van der Waals surface area contributed by atoms with Crippen LogP contribution in [0, 0.1) is 0 Å². The van der Waals surface area contributed by atoms with Crippen molar-refractivity contribution in [1.82, 2.24) is 10.2 Å². The molecule has 0 saturated carbocycles. The lowest BCUT2D eigenvalue weighted by molar-refractivity contribution is -0.122. The summed E-state index contributed by atoms with van der Waals surface area (Å²) in [7, 11) is 4.48. The van der Waals surface area contributed by atoms with Gasteiger partial charge in [-0.3, -0.25) is 19.3 Å². The summed E-state index contributed by atoms with van der Waals surface area (Å²) in [6.45, 7) is 0.132. The average molecular weight is 477 g/mol. The standard InChI is InChI=1S/C22H21ClN2O6S/c1-29-16-10-13(11-17(30-2)19(16)31-3)12-18-21(27)25(22(28)32-18)9-8-24-20(26)14-6-4-5-7-15(14)23/h4-7,10-12H,8-9H2,1-3H3,(H,24,26)/b18-12-. The van der Waals surface area contributed by atoms with Gasteiger partial charge in [0.25, 0.3) is 17.1 Å². The van der Waals surface area contributed by atoms with Gasteiger partial charge in [0.2, 0.25) is 5.75 Å². The molecule has 1 aliphatic heterocycles. The van der Waals surface area contributed by atoms with E-state index in [1.165, 1.54) is 21.3 Å². The Morgan fingerprint density at radius 2 is 1.75 bits per heavy atom. The van der Waals surface area contributed by atoms with Crippen molar-refractivity contribution in [3.63, 3.8) is 0 Å². The van der Waals surface area contributed by atoms with E-state index >= 15 is 0 Å². The van der Waals surface area contributed by atoms with E-state index in [4.69, 9.17) is 25.8 Å². The zero-order valence-electron chi connectivity index (χ0n) is 17.6. The molecule has 8 nitrogen and oxygen atoms in total. The lowest BCUT2D eigenvalue weighted by Crippen LogP contribution is -2.37. The molecule has 3 rings (SSSR count). The lowest BCUT2D eigenvalue weighted by atomic mass is 10.1. The van der Waals surface area contributed by atoms with E-state index in [-0.39, 0.29) is 23.9 Å². The number of benzene rings is 2. The first-order valence-corrected chi connectivity index (χ1v) is 10.7. The van der Waals surface area contributed by atoms with Crippen LogP contribution < -0.4 is 19.5 Å². The fourth-order valence-electron chi connectivity index (χ4n) is 3.05. The Morgan fingerprint density at radius 3 is 2.34 bits per heavy atom. The predicted molar refractivity (Wildman–Crippen MR) is 123 cm³/mol. The van der Waals surface area contributed by atoms with Gasteiger partial charge in [-0.15, -0.1) is 0 Å². The van der Waals surface area contributed by atoms with Gasteiger partial charge in [0.1, 0.15) is 0 Å².